The zero-order chi connectivity index (χ0) is 21.5. The number of carbonyl (C=O) groups is 1. The molecule has 0 heterocycles. The van der Waals surface area contributed by atoms with Gasteiger partial charge < -0.3 is 20.1 Å². The fourth-order valence-electron chi connectivity index (χ4n) is 2.83. The normalized spacial score (nSPS) is 10.4. The molecule has 0 saturated heterocycles. The monoisotopic (exact) mass is 488 g/mol. The van der Waals surface area contributed by atoms with Crippen molar-refractivity contribution in [3.63, 3.8) is 0 Å². The van der Waals surface area contributed by atoms with Crippen LogP contribution in [0.5, 0.6) is 11.5 Å². The minimum atomic E-state index is -0.270. The average Bonchev–Trinajstić information content (AvgIpc) is 2.74. The number of hydrogen-bond acceptors (Lipinski definition) is 4. The molecule has 0 spiro atoms. The molecule has 3 rings (SSSR count). The summed E-state index contributed by atoms with van der Waals surface area (Å²) in [6.45, 7) is 2.55. The Labute approximate surface area is 189 Å². The molecule has 3 aromatic carbocycles. The van der Waals surface area contributed by atoms with E-state index in [2.05, 4.69) is 26.6 Å². The molecule has 0 radical (unpaired) electrons. The summed E-state index contributed by atoms with van der Waals surface area (Å²) in [6.07, 6.45) is 0. The lowest BCUT2D eigenvalue weighted by Crippen LogP contribution is -2.20. The summed E-state index contributed by atoms with van der Waals surface area (Å²) in [7, 11) is 1.56. The standard InChI is InChI=1S/C23H22BrClN2O3/c1-15-7-9-17(25)12-20(15)26-13-16-8-10-21(18(24)11-16)30-14-23(28)27-19-5-3-4-6-22(19)29-2/h3-12,26H,13-14H2,1-2H3,(H,27,28). The molecule has 0 aromatic heterocycles. The molecule has 156 valence electrons. The number of aryl methyl sites for hydroxylation is 1. The maximum Gasteiger partial charge on any atom is 0.262 e. The molecule has 1 amide bonds. The van der Waals surface area contributed by atoms with E-state index >= 15 is 0 Å². The first-order valence-electron chi connectivity index (χ1n) is 9.30. The van der Waals surface area contributed by atoms with Crippen LogP contribution in [0.1, 0.15) is 11.1 Å². The van der Waals surface area contributed by atoms with Crippen molar-refractivity contribution < 1.29 is 14.3 Å². The van der Waals surface area contributed by atoms with E-state index in [-0.39, 0.29) is 12.5 Å². The van der Waals surface area contributed by atoms with Crippen LogP contribution in [0, 0.1) is 6.92 Å². The quantitative estimate of drug-likeness (QED) is 0.404. The fourth-order valence-corrected chi connectivity index (χ4v) is 3.54. The number of rotatable bonds is 8. The van der Waals surface area contributed by atoms with Gasteiger partial charge in [-0.1, -0.05) is 35.9 Å². The van der Waals surface area contributed by atoms with Crippen LogP contribution in [-0.4, -0.2) is 19.6 Å². The van der Waals surface area contributed by atoms with Gasteiger partial charge in [0.1, 0.15) is 11.5 Å². The number of benzene rings is 3. The number of para-hydroxylation sites is 2. The van der Waals surface area contributed by atoms with Gasteiger partial charge in [-0.3, -0.25) is 4.79 Å². The Hall–Kier alpha value is -2.70. The molecule has 0 aliphatic carbocycles. The Morgan fingerprint density at radius 3 is 2.60 bits per heavy atom. The molecular formula is C23H22BrClN2O3. The highest BCUT2D eigenvalue weighted by Gasteiger charge is 2.10. The largest absolute Gasteiger partial charge is 0.495 e. The van der Waals surface area contributed by atoms with Gasteiger partial charge in [-0.2, -0.15) is 0 Å². The van der Waals surface area contributed by atoms with Crippen molar-refractivity contribution in [2.75, 3.05) is 24.4 Å². The lowest BCUT2D eigenvalue weighted by molar-refractivity contribution is -0.118. The van der Waals surface area contributed by atoms with Crippen LogP contribution in [-0.2, 0) is 11.3 Å². The molecule has 5 nitrogen and oxygen atoms in total. The van der Waals surface area contributed by atoms with Crippen molar-refractivity contribution in [3.05, 3.63) is 81.3 Å². The van der Waals surface area contributed by atoms with Gasteiger partial charge in [0, 0.05) is 17.3 Å². The Morgan fingerprint density at radius 2 is 1.83 bits per heavy atom. The molecule has 0 bridgehead atoms. The third kappa shape index (κ3) is 5.90. The van der Waals surface area contributed by atoms with Crippen molar-refractivity contribution in [1.82, 2.24) is 0 Å². The summed E-state index contributed by atoms with van der Waals surface area (Å²) < 4.78 is 11.7. The van der Waals surface area contributed by atoms with Crippen molar-refractivity contribution in [2.45, 2.75) is 13.5 Å². The van der Waals surface area contributed by atoms with Crippen molar-refractivity contribution in [2.24, 2.45) is 0 Å². The molecular weight excluding hydrogens is 468 g/mol. The topological polar surface area (TPSA) is 59.6 Å². The van der Waals surface area contributed by atoms with Gasteiger partial charge in [0.2, 0.25) is 0 Å². The highest BCUT2D eigenvalue weighted by molar-refractivity contribution is 9.10. The second-order valence-electron chi connectivity index (χ2n) is 6.61. The fraction of sp³-hybridized carbons (Fsp3) is 0.174. The number of ether oxygens (including phenoxy) is 2. The predicted molar refractivity (Wildman–Crippen MR) is 125 cm³/mol. The second kappa shape index (κ2) is 10.4. The first-order chi connectivity index (χ1) is 14.5. The number of hydrogen-bond donors (Lipinski definition) is 2. The SMILES string of the molecule is COc1ccccc1NC(=O)COc1ccc(CNc2cc(Cl)ccc2C)cc1Br. The molecule has 0 fully saturated rings. The van der Waals surface area contributed by atoms with Crippen molar-refractivity contribution in [1.29, 1.82) is 0 Å². The minimum Gasteiger partial charge on any atom is -0.495 e. The number of amides is 1. The molecule has 30 heavy (non-hydrogen) atoms. The van der Waals surface area contributed by atoms with Gasteiger partial charge in [-0.15, -0.1) is 0 Å². The van der Waals surface area contributed by atoms with E-state index in [4.69, 9.17) is 21.1 Å². The number of nitrogens with one attached hydrogen (secondary N) is 2. The van der Waals surface area contributed by atoms with Gasteiger partial charge in [0.15, 0.2) is 6.61 Å². The Balaban J connectivity index is 1.56. The van der Waals surface area contributed by atoms with E-state index in [9.17, 15) is 4.79 Å². The van der Waals surface area contributed by atoms with E-state index in [0.29, 0.717) is 28.8 Å². The summed E-state index contributed by atoms with van der Waals surface area (Å²) >= 11 is 9.58. The van der Waals surface area contributed by atoms with Crippen LogP contribution in [0.2, 0.25) is 5.02 Å². The van der Waals surface area contributed by atoms with Crippen LogP contribution in [0.15, 0.2) is 65.1 Å². The summed E-state index contributed by atoms with van der Waals surface area (Å²) in [5, 5.41) is 6.86. The molecule has 0 saturated carbocycles. The summed E-state index contributed by atoms with van der Waals surface area (Å²) in [4.78, 5) is 12.2. The summed E-state index contributed by atoms with van der Waals surface area (Å²) in [5.74, 6) is 0.917. The lowest BCUT2D eigenvalue weighted by atomic mass is 10.1. The molecule has 3 aromatic rings. The van der Waals surface area contributed by atoms with Gasteiger partial charge in [0.05, 0.1) is 17.3 Å². The van der Waals surface area contributed by atoms with Gasteiger partial charge in [-0.25, -0.2) is 0 Å². The highest BCUT2D eigenvalue weighted by Crippen LogP contribution is 2.28. The van der Waals surface area contributed by atoms with E-state index < -0.39 is 0 Å². The van der Waals surface area contributed by atoms with E-state index in [1.54, 1.807) is 19.2 Å². The summed E-state index contributed by atoms with van der Waals surface area (Å²) in [5.41, 5.74) is 3.78. The maximum absolute atomic E-state index is 12.2. The Bertz CT molecular complexity index is 1040. The number of anilines is 2. The zero-order valence-corrected chi connectivity index (χ0v) is 19.0. The second-order valence-corrected chi connectivity index (χ2v) is 7.91. The lowest BCUT2D eigenvalue weighted by Gasteiger charge is -2.13. The Kier molecular flexibility index (Phi) is 7.60. The summed E-state index contributed by atoms with van der Waals surface area (Å²) in [6, 6.07) is 18.7. The third-order valence-electron chi connectivity index (χ3n) is 4.42. The predicted octanol–water partition coefficient (Wildman–Crippen LogP) is 6.05. The number of carbonyl (C=O) groups excluding carboxylic acids is 1. The molecule has 0 unspecified atom stereocenters. The van der Waals surface area contributed by atoms with Crippen LogP contribution >= 0.6 is 27.5 Å². The zero-order valence-electron chi connectivity index (χ0n) is 16.7. The molecule has 0 aliphatic heterocycles. The van der Waals surface area contributed by atoms with Gasteiger partial charge in [0.25, 0.3) is 5.91 Å². The first kappa shape index (κ1) is 22.0. The van der Waals surface area contributed by atoms with E-state index in [1.165, 1.54) is 0 Å². The molecule has 2 N–H and O–H groups in total. The average molecular weight is 490 g/mol. The molecule has 0 aliphatic rings. The van der Waals surface area contributed by atoms with Crippen molar-refractivity contribution >= 4 is 44.8 Å². The van der Waals surface area contributed by atoms with E-state index in [1.807, 2.05) is 55.5 Å². The van der Waals surface area contributed by atoms with E-state index in [0.717, 1.165) is 21.3 Å². The Morgan fingerprint density at radius 1 is 1.03 bits per heavy atom. The smallest absolute Gasteiger partial charge is 0.262 e. The molecule has 7 heteroatoms. The number of halogens is 2. The van der Waals surface area contributed by atoms with Crippen LogP contribution in [0.25, 0.3) is 0 Å². The number of methoxy groups -OCH3 is 1. The van der Waals surface area contributed by atoms with Crippen LogP contribution in [0.3, 0.4) is 0 Å². The highest BCUT2D eigenvalue weighted by atomic mass is 79.9. The maximum atomic E-state index is 12.2. The minimum absolute atomic E-state index is 0.115. The van der Waals surface area contributed by atoms with Crippen LogP contribution < -0.4 is 20.1 Å². The van der Waals surface area contributed by atoms with Gasteiger partial charge in [-0.05, 0) is 70.4 Å². The first-order valence-corrected chi connectivity index (χ1v) is 10.5. The van der Waals surface area contributed by atoms with Crippen molar-refractivity contribution in [3.8, 4) is 11.5 Å². The van der Waals surface area contributed by atoms with Crippen LogP contribution in [0.4, 0.5) is 11.4 Å². The molecule has 0 atom stereocenters. The van der Waals surface area contributed by atoms with Gasteiger partial charge >= 0.3 is 0 Å². The third-order valence-corrected chi connectivity index (χ3v) is 5.27.